The van der Waals surface area contributed by atoms with E-state index in [9.17, 15) is 31.2 Å². The number of carbonyl (C=O) groups excluding carboxylic acids is 2. The van der Waals surface area contributed by atoms with Gasteiger partial charge in [0.1, 0.15) is 12.6 Å². The van der Waals surface area contributed by atoms with Gasteiger partial charge in [0.25, 0.3) is 10.0 Å². The van der Waals surface area contributed by atoms with Crippen molar-refractivity contribution in [2.45, 2.75) is 50.3 Å². The Morgan fingerprint density at radius 3 is 2.17 bits per heavy atom. The summed E-state index contributed by atoms with van der Waals surface area (Å²) in [4.78, 5) is 27.8. The first kappa shape index (κ1) is 32.0. The summed E-state index contributed by atoms with van der Waals surface area (Å²) in [7, 11) is -4.52. The van der Waals surface area contributed by atoms with Crippen LogP contribution in [0, 0.1) is 0 Å². The molecule has 0 saturated heterocycles. The number of halogens is 4. The Morgan fingerprint density at radius 2 is 1.59 bits per heavy atom. The molecule has 0 unspecified atom stereocenters. The SMILES string of the molecule is CCCCNC(=O)[C@@H](C)N(Cc1ccccc1)C(=O)CN(c1ccc(Cl)c(C(F)(F)F)c1)S(=O)(=O)c1ccccc1. The van der Waals surface area contributed by atoms with E-state index < -0.39 is 56.9 Å². The highest BCUT2D eigenvalue weighted by molar-refractivity contribution is 7.92. The highest BCUT2D eigenvalue weighted by Gasteiger charge is 2.36. The number of sulfonamides is 1. The van der Waals surface area contributed by atoms with Crippen LogP contribution in [-0.2, 0) is 32.3 Å². The standard InChI is InChI=1S/C29H31ClF3N3O4S/c1-3-4-17-34-28(38)21(2)35(19-22-11-7-5-8-12-22)27(37)20-36(41(39,40)24-13-9-6-10-14-24)23-15-16-26(30)25(18-23)29(31,32)33/h5-16,18,21H,3-4,17,19-20H2,1-2H3,(H,34,38)/t21-/m1/s1. The number of nitrogens with one attached hydrogen (secondary N) is 1. The van der Waals surface area contributed by atoms with Gasteiger partial charge in [-0.15, -0.1) is 0 Å². The van der Waals surface area contributed by atoms with Crippen molar-refractivity contribution in [2.24, 2.45) is 0 Å². The number of nitrogens with zero attached hydrogens (tertiary/aromatic N) is 2. The molecule has 3 aromatic carbocycles. The molecule has 0 aliphatic heterocycles. The molecule has 0 aliphatic carbocycles. The fourth-order valence-electron chi connectivity index (χ4n) is 4.03. The maximum atomic E-state index is 13.8. The minimum absolute atomic E-state index is 0.0321. The van der Waals surface area contributed by atoms with Crippen molar-refractivity contribution >= 4 is 39.1 Å². The Balaban J connectivity index is 2.06. The molecule has 3 aromatic rings. The van der Waals surface area contributed by atoms with Crippen LogP contribution in [0.25, 0.3) is 0 Å². The molecule has 0 spiro atoms. The van der Waals surface area contributed by atoms with Crippen molar-refractivity contribution < 1.29 is 31.2 Å². The molecule has 2 amide bonds. The number of unbranched alkanes of at least 4 members (excludes halogenated alkanes) is 1. The Morgan fingerprint density at radius 1 is 0.976 bits per heavy atom. The monoisotopic (exact) mass is 609 g/mol. The first-order valence-corrected chi connectivity index (χ1v) is 14.7. The van der Waals surface area contributed by atoms with E-state index in [1.807, 2.05) is 6.92 Å². The van der Waals surface area contributed by atoms with Gasteiger partial charge in [-0.25, -0.2) is 8.42 Å². The lowest BCUT2D eigenvalue weighted by molar-refractivity contribution is -0.139. The third-order valence-electron chi connectivity index (χ3n) is 6.35. The lowest BCUT2D eigenvalue weighted by Gasteiger charge is -2.32. The second-order valence-electron chi connectivity index (χ2n) is 9.31. The van der Waals surface area contributed by atoms with E-state index in [4.69, 9.17) is 11.6 Å². The predicted molar refractivity (Wildman–Crippen MR) is 152 cm³/mol. The van der Waals surface area contributed by atoms with Gasteiger partial charge in [-0.2, -0.15) is 13.2 Å². The summed E-state index contributed by atoms with van der Waals surface area (Å²) in [6.07, 6.45) is -3.30. The Kier molecular flexibility index (Phi) is 10.8. The average molecular weight is 610 g/mol. The van der Waals surface area contributed by atoms with Crippen LogP contribution in [0.15, 0.2) is 83.8 Å². The van der Waals surface area contributed by atoms with Gasteiger partial charge >= 0.3 is 6.18 Å². The van der Waals surface area contributed by atoms with Gasteiger partial charge in [0.2, 0.25) is 11.8 Å². The van der Waals surface area contributed by atoms with Crippen molar-refractivity contribution in [3.8, 4) is 0 Å². The molecule has 41 heavy (non-hydrogen) atoms. The Labute approximate surface area is 243 Å². The van der Waals surface area contributed by atoms with Crippen LogP contribution < -0.4 is 9.62 Å². The van der Waals surface area contributed by atoms with E-state index in [-0.39, 0.29) is 11.4 Å². The van der Waals surface area contributed by atoms with Gasteiger partial charge < -0.3 is 10.2 Å². The molecule has 0 bridgehead atoms. The number of rotatable bonds is 12. The lowest BCUT2D eigenvalue weighted by Crippen LogP contribution is -2.51. The summed E-state index contributed by atoms with van der Waals surface area (Å²) in [6.45, 7) is 2.98. The topological polar surface area (TPSA) is 86.8 Å². The van der Waals surface area contributed by atoms with Crippen LogP contribution in [0.3, 0.4) is 0 Å². The molecule has 0 saturated carbocycles. The summed E-state index contributed by atoms with van der Waals surface area (Å²) < 4.78 is 69.2. The molecular formula is C29H31ClF3N3O4S. The van der Waals surface area contributed by atoms with Crippen LogP contribution >= 0.6 is 11.6 Å². The predicted octanol–water partition coefficient (Wildman–Crippen LogP) is 5.89. The van der Waals surface area contributed by atoms with E-state index in [1.165, 1.54) is 36.1 Å². The molecule has 0 radical (unpaired) electrons. The maximum absolute atomic E-state index is 13.8. The second-order valence-corrected chi connectivity index (χ2v) is 11.6. The summed E-state index contributed by atoms with van der Waals surface area (Å²) >= 11 is 5.78. The molecule has 1 atom stereocenters. The van der Waals surface area contributed by atoms with Crippen LogP contribution in [0.2, 0.25) is 5.02 Å². The zero-order chi connectivity index (χ0) is 30.2. The number of carbonyl (C=O) groups is 2. The van der Waals surface area contributed by atoms with E-state index in [2.05, 4.69) is 5.32 Å². The van der Waals surface area contributed by atoms with E-state index >= 15 is 0 Å². The normalized spacial score (nSPS) is 12.4. The number of hydrogen-bond acceptors (Lipinski definition) is 4. The lowest BCUT2D eigenvalue weighted by atomic mass is 10.1. The van der Waals surface area contributed by atoms with Crippen molar-refractivity contribution in [1.29, 1.82) is 0 Å². The molecule has 3 rings (SSSR count). The summed E-state index contributed by atoms with van der Waals surface area (Å²) in [5.74, 6) is -1.22. The van der Waals surface area contributed by atoms with Crippen molar-refractivity contribution in [3.63, 3.8) is 0 Å². The number of amides is 2. The van der Waals surface area contributed by atoms with Gasteiger partial charge in [-0.3, -0.25) is 13.9 Å². The van der Waals surface area contributed by atoms with E-state index in [0.717, 1.165) is 25.0 Å². The highest BCUT2D eigenvalue weighted by atomic mass is 35.5. The third-order valence-corrected chi connectivity index (χ3v) is 8.46. The largest absolute Gasteiger partial charge is 0.417 e. The van der Waals surface area contributed by atoms with Crippen molar-refractivity contribution in [1.82, 2.24) is 10.2 Å². The van der Waals surface area contributed by atoms with Crippen LogP contribution in [0.1, 0.15) is 37.8 Å². The number of benzene rings is 3. The zero-order valence-corrected chi connectivity index (χ0v) is 24.1. The van der Waals surface area contributed by atoms with Gasteiger partial charge in [0.15, 0.2) is 0 Å². The molecule has 1 N–H and O–H groups in total. The first-order valence-electron chi connectivity index (χ1n) is 12.9. The molecular weight excluding hydrogens is 579 g/mol. The number of hydrogen-bond donors (Lipinski definition) is 1. The molecule has 7 nitrogen and oxygen atoms in total. The molecule has 12 heteroatoms. The highest BCUT2D eigenvalue weighted by Crippen LogP contribution is 2.38. The van der Waals surface area contributed by atoms with Gasteiger partial charge in [-0.1, -0.05) is 73.5 Å². The van der Waals surface area contributed by atoms with Gasteiger partial charge in [0.05, 0.1) is 21.2 Å². The fourth-order valence-corrected chi connectivity index (χ4v) is 5.68. The smallest absolute Gasteiger partial charge is 0.354 e. The first-order chi connectivity index (χ1) is 19.4. The maximum Gasteiger partial charge on any atom is 0.417 e. The molecule has 0 heterocycles. The third kappa shape index (κ3) is 8.23. The van der Waals surface area contributed by atoms with E-state index in [1.54, 1.807) is 36.4 Å². The zero-order valence-electron chi connectivity index (χ0n) is 22.6. The van der Waals surface area contributed by atoms with Crippen LogP contribution in [-0.4, -0.2) is 44.3 Å². The Hall–Kier alpha value is -3.57. The molecule has 0 aliphatic rings. The second kappa shape index (κ2) is 13.9. The number of alkyl halides is 3. The molecule has 0 fully saturated rings. The Bertz CT molecular complexity index is 1440. The summed E-state index contributed by atoms with van der Waals surface area (Å²) in [5.41, 5.74) is -0.974. The average Bonchev–Trinajstić information content (AvgIpc) is 2.95. The van der Waals surface area contributed by atoms with Crippen LogP contribution in [0.5, 0.6) is 0 Å². The van der Waals surface area contributed by atoms with Gasteiger partial charge in [-0.05, 0) is 49.2 Å². The fraction of sp³-hybridized carbons (Fsp3) is 0.310. The van der Waals surface area contributed by atoms with Crippen LogP contribution in [0.4, 0.5) is 18.9 Å². The quantitative estimate of drug-likeness (QED) is 0.260. The van der Waals surface area contributed by atoms with Crippen molar-refractivity contribution in [2.75, 3.05) is 17.4 Å². The van der Waals surface area contributed by atoms with E-state index in [0.29, 0.717) is 22.5 Å². The minimum atomic E-state index is -4.87. The molecule has 0 aromatic heterocycles. The van der Waals surface area contributed by atoms with Crippen molar-refractivity contribution in [3.05, 3.63) is 95.0 Å². The molecule has 220 valence electrons. The van der Waals surface area contributed by atoms with Gasteiger partial charge in [0, 0.05) is 13.1 Å². The number of anilines is 1. The summed E-state index contributed by atoms with van der Waals surface area (Å²) in [6, 6.07) is 17.5. The minimum Gasteiger partial charge on any atom is -0.354 e. The summed E-state index contributed by atoms with van der Waals surface area (Å²) in [5, 5.41) is 2.15.